The van der Waals surface area contributed by atoms with E-state index in [1.54, 1.807) is 0 Å². The summed E-state index contributed by atoms with van der Waals surface area (Å²) in [6.45, 7) is 17.3. The molecule has 0 radical (unpaired) electrons. The summed E-state index contributed by atoms with van der Waals surface area (Å²) in [5.74, 6) is 0.273. The minimum Gasteiger partial charge on any atom is -0.344 e. The molecule has 28 heavy (non-hydrogen) atoms. The van der Waals surface area contributed by atoms with Crippen LogP contribution >= 0.6 is 15.4 Å². The highest BCUT2D eigenvalue weighted by Gasteiger charge is 2.36. The van der Waals surface area contributed by atoms with Crippen LogP contribution in [0.2, 0.25) is 0 Å². The smallest absolute Gasteiger partial charge is 0.344 e. The Balaban J connectivity index is 4.29. The maximum atomic E-state index is 12.5. The number of unbranched alkanes of at least 4 members (excludes halogenated alkanes) is 3. The summed E-state index contributed by atoms with van der Waals surface area (Å²) in [7, 11) is -5.16. The topological polar surface area (TPSA) is 74.6 Å². The zero-order chi connectivity index (χ0) is 22.2. The van der Waals surface area contributed by atoms with E-state index in [2.05, 4.69) is 55.4 Å². The lowest BCUT2D eigenvalue weighted by molar-refractivity contribution is 0.194. The molecule has 0 aliphatic carbocycles. The molecule has 4 nitrogen and oxygen atoms in total. The van der Waals surface area contributed by atoms with E-state index >= 15 is 0 Å². The Bertz CT molecular complexity index is 520. The van der Waals surface area contributed by atoms with Gasteiger partial charge >= 0.3 is 8.03 Å². The van der Waals surface area contributed by atoms with Crippen LogP contribution in [0.5, 0.6) is 0 Å². The highest BCUT2D eigenvalue weighted by Crippen LogP contribution is 2.46. The van der Waals surface area contributed by atoms with E-state index in [0.717, 1.165) is 44.9 Å². The van der Waals surface area contributed by atoms with Crippen LogP contribution in [0.25, 0.3) is 0 Å². The van der Waals surface area contributed by atoms with Gasteiger partial charge in [-0.05, 0) is 47.0 Å². The van der Waals surface area contributed by atoms with Gasteiger partial charge in [-0.1, -0.05) is 74.7 Å². The van der Waals surface area contributed by atoms with Crippen LogP contribution in [0, 0.1) is 22.2 Å². The molecule has 0 aliphatic heterocycles. The van der Waals surface area contributed by atoms with Crippen molar-refractivity contribution in [3.8, 4) is 0 Å². The van der Waals surface area contributed by atoms with Crippen molar-refractivity contribution in [2.75, 3.05) is 18.5 Å². The van der Waals surface area contributed by atoms with E-state index in [9.17, 15) is 18.9 Å². The maximum Gasteiger partial charge on any atom is 0.506 e. The zero-order valence-corrected chi connectivity index (χ0v) is 21.5. The summed E-state index contributed by atoms with van der Waals surface area (Å²) >= 11 is 0. The van der Waals surface area contributed by atoms with Crippen LogP contribution < -0.4 is 0 Å². The molecule has 0 saturated carbocycles. The maximum absolute atomic E-state index is 12.5. The van der Waals surface area contributed by atoms with Gasteiger partial charge in [0.2, 0.25) is 7.37 Å². The molecule has 168 valence electrons. The average molecular weight is 438 g/mol. The summed E-state index contributed by atoms with van der Waals surface area (Å²) in [4.78, 5) is 19.7. The SMILES string of the molecule is CC(CC(C)(C)C)CP(=O)(O)CCCCCC[C@](C)(C[P+](=O)O)CC(C)(C)C. The molecule has 0 bridgehead atoms. The van der Waals surface area contributed by atoms with Crippen molar-refractivity contribution >= 4 is 15.4 Å². The third-order valence-corrected chi connectivity index (χ3v) is 8.31. The Morgan fingerprint density at radius 2 is 1.46 bits per heavy atom. The fourth-order valence-electron chi connectivity index (χ4n) is 4.78. The third kappa shape index (κ3) is 16.1. The lowest BCUT2D eigenvalue weighted by atomic mass is 9.73. The Morgan fingerprint density at radius 1 is 0.929 bits per heavy atom. The van der Waals surface area contributed by atoms with Gasteiger partial charge in [0.25, 0.3) is 0 Å². The lowest BCUT2D eigenvalue weighted by Gasteiger charge is -2.32. The normalized spacial score (nSPS) is 19.0. The Morgan fingerprint density at radius 3 is 1.93 bits per heavy atom. The third-order valence-electron chi connectivity index (χ3n) is 5.07. The first-order valence-corrected chi connectivity index (χ1v) is 14.3. The molecular weight excluding hydrogens is 390 g/mol. The fourth-order valence-corrected chi connectivity index (χ4v) is 7.71. The second-order valence-electron chi connectivity index (χ2n) is 11.8. The van der Waals surface area contributed by atoms with Gasteiger partial charge in [-0.15, -0.1) is 0 Å². The first-order valence-electron chi connectivity index (χ1n) is 10.9. The molecule has 6 heteroatoms. The van der Waals surface area contributed by atoms with Gasteiger partial charge in [0, 0.05) is 17.7 Å². The number of hydrogen-bond donors (Lipinski definition) is 2. The van der Waals surface area contributed by atoms with E-state index in [0.29, 0.717) is 18.5 Å². The highest BCUT2D eigenvalue weighted by atomic mass is 31.2. The van der Waals surface area contributed by atoms with E-state index in [-0.39, 0.29) is 22.2 Å². The molecule has 0 fully saturated rings. The van der Waals surface area contributed by atoms with Gasteiger partial charge in [-0.2, -0.15) is 4.89 Å². The zero-order valence-electron chi connectivity index (χ0n) is 19.8. The summed E-state index contributed by atoms with van der Waals surface area (Å²) in [6.07, 6.45) is 7.81. The van der Waals surface area contributed by atoms with Gasteiger partial charge in [0.1, 0.15) is 0 Å². The standard InChI is InChI=1S/C22H46O4P2/c1-19(15-20(2,3)4)16-28(25,26)14-12-10-9-11-13-22(8,18-27(23)24)17-21(5,6)7/h19H,9-18H2,1-8H3,(H-,23,24,25,26)/p+1/t19?,22-/m0/s1. The average Bonchev–Trinajstić information content (AvgIpc) is 2.36. The molecule has 0 heterocycles. The van der Waals surface area contributed by atoms with Gasteiger partial charge in [-0.25, -0.2) is 0 Å². The highest BCUT2D eigenvalue weighted by molar-refractivity contribution is 7.57. The summed E-state index contributed by atoms with van der Waals surface area (Å²) in [5, 5.41) is 0. The molecule has 0 rings (SSSR count). The molecule has 0 spiro atoms. The van der Waals surface area contributed by atoms with E-state index in [1.807, 2.05) is 0 Å². The first kappa shape index (κ1) is 28.2. The largest absolute Gasteiger partial charge is 0.506 e. The van der Waals surface area contributed by atoms with Crippen molar-refractivity contribution in [2.45, 2.75) is 100 Å². The van der Waals surface area contributed by atoms with Crippen molar-refractivity contribution in [3.05, 3.63) is 0 Å². The minimum atomic E-state index is -3.03. The summed E-state index contributed by atoms with van der Waals surface area (Å²) in [5.41, 5.74) is 0.209. The second-order valence-corrected chi connectivity index (χ2v) is 15.4. The van der Waals surface area contributed by atoms with Crippen LogP contribution in [0.15, 0.2) is 0 Å². The van der Waals surface area contributed by atoms with E-state index < -0.39 is 15.4 Å². The van der Waals surface area contributed by atoms with Crippen LogP contribution in [0.3, 0.4) is 0 Å². The van der Waals surface area contributed by atoms with Crippen LogP contribution in [-0.2, 0) is 9.13 Å². The molecular formula is C22H47O4P2+. The van der Waals surface area contributed by atoms with Crippen LogP contribution in [0.4, 0.5) is 0 Å². The molecule has 4 atom stereocenters. The van der Waals surface area contributed by atoms with Crippen molar-refractivity contribution < 1.29 is 18.9 Å². The number of hydrogen-bond acceptors (Lipinski definition) is 2. The van der Waals surface area contributed by atoms with Gasteiger partial charge in [-0.3, -0.25) is 4.57 Å². The van der Waals surface area contributed by atoms with Crippen molar-refractivity contribution in [1.82, 2.24) is 0 Å². The number of rotatable bonds is 13. The van der Waals surface area contributed by atoms with Gasteiger partial charge < -0.3 is 4.89 Å². The molecule has 0 aromatic carbocycles. The van der Waals surface area contributed by atoms with Crippen LogP contribution in [-0.4, -0.2) is 28.3 Å². The Labute approximate surface area is 175 Å². The van der Waals surface area contributed by atoms with Crippen LogP contribution in [0.1, 0.15) is 100 Å². The Hall–Kier alpha value is 0.250. The summed E-state index contributed by atoms with van der Waals surface area (Å²) in [6, 6.07) is 0. The van der Waals surface area contributed by atoms with E-state index in [4.69, 9.17) is 0 Å². The van der Waals surface area contributed by atoms with Crippen molar-refractivity contribution in [1.29, 1.82) is 0 Å². The monoisotopic (exact) mass is 437 g/mol. The first-order chi connectivity index (χ1) is 12.4. The summed E-state index contributed by atoms with van der Waals surface area (Å²) < 4.78 is 23.9. The molecule has 0 amide bonds. The molecule has 0 aliphatic rings. The molecule has 0 aromatic rings. The van der Waals surface area contributed by atoms with Gasteiger partial charge in [0.15, 0.2) is 6.16 Å². The van der Waals surface area contributed by atoms with E-state index in [1.165, 1.54) is 0 Å². The fraction of sp³-hybridized carbons (Fsp3) is 1.00. The predicted octanol–water partition coefficient (Wildman–Crippen LogP) is 7.46. The lowest BCUT2D eigenvalue weighted by Crippen LogP contribution is -2.26. The molecule has 2 N–H and O–H groups in total. The van der Waals surface area contributed by atoms with Crippen molar-refractivity contribution in [3.63, 3.8) is 0 Å². The molecule has 0 aromatic heterocycles. The molecule has 0 saturated heterocycles. The van der Waals surface area contributed by atoms with Crippen molar-refractivity contribution in [2.24, 2.45) is 22.2 Å². The molecule has 3 unspecified atom stereocenters. The second kappa shape index (κ2) is 11.6. The quantitative estimate of drug-likeness (QED) is 0.232. The van der Waals surface area contributed by atoms with Gasteiger partial charge in [0.05, 0.1) is 0 Å². The Kier molecular flexibility index (Phi) is 11.7. The predicted molar refractivity (Wildman–Crippen MR) is 123 cm³/mol. The minimum absolute atomic E-state index is 0.116.